The summed E-state index contributed by atoms with van der Waals surface area (Å²) in [5.74, 6) is 1.88. The number of rotatable bonds is 9. The lowest BCUT2D eigenvalue weighted by Crippen LogP contribution is -2.28. The Balaban J connectivity index is 1.75. The second-order valence-electron chi connectivity index (χ2n) is 7.99. The molecule has 1 aromatic heterocycles. The number of hydrogen-bond acceptors (Lipinski definition) is 7. The van der Waals surface area contributed by atoms with E-state index in [1.807, 2.05) is 24.3 Å². The van der Waals surface area contributed by atoms with E-state index in [2.05, 4.69) is 15.3 Å². The zero-order chi connectivity index (χ0) is 23.5. The molecule has 4 rings (SSSR count). The molecule has 1 saturated carbocycles. The van der Waals surface area contributed by atoms with E-state index in [1.165, 1.54) is 6.33 Å². The van der Waals surface area contributed by atoms with Crippen molar-refractivity contribution in [3.63, 3.8) is 0 Å². The average Bonchev–Trinajstić information content (AvgIpc) is 3.67. The molecule has 1 amide bonds. The minimum Gasteiger partial charge on any atom is -0.495 e. The number of aromatic nitrogens is 2. The summed E-state index contributed by atoms with van der Waals surface area (Å²) >= 11 is 6.26. The molecule has 1 aliphatic carbocycles. The first-order valence-electron chi connectivity index (χ1n) is 10.8. The molecule has 0 saturated heterocycles. The van der Waals surface area contributed by atoms with Gasteiger partial charge in [0.05, 0.1) is 30.4 Å². The van der Waals surface area contributed by atoms with Crippen molar-refractivity contribution in [3.8, 4) is 11.5 Å². The van der Waals surface area contributed by atoms with E-state index in [-0.39, 0.29) is 18.4 Å². The highest BCUT2D eigenvalue weighted by Gasteiger charge is 2.34. The third-order valence-corrected chi connectivity index (χ3v) is 6.11. The van der Waals surface area contributed by atoms with E-state index in [4.69, 9.17) is 21.1 Å². The maximum Gasteiger partial charge on any atom is 0.229 e. The Hall–Kier alpha value is -3.10. The number of aliphatic hydroxyl groups is 1. The highest BCUT2D eigenvalue weighted by atomic mass is 35.5. The summed E-state index contributed by atoms with van der Waals surface area (Å²) in [4.78, 5) is 23.4. The number of carbonyl (C=O) groups excluding carboxylic acids is 1. The predicted molar refractivity (Wildman–Crippen MR) is 128 cm³/mol. The third kappa shape index (κ3) is 4.67. The fourth-order valence-corrected chi connectivity index (χ4v) is 4.21. The summed E-state index contributed by atoms with van der Waals surface area (Å²) in [5.41, 5.74) is 3.00. The topological polar surface area (TPSA) is 96.8 Å². The van der Waals surface area contributed by atoms with Gasteiger partial charge in [0.1, 0.15) is 23.6 Å². The van der Waals surface area contributed by atoms with Gasteiger partial charge in [-0.3, -0.25) is 4.79 Å². The lowest BCUT2D eigenvalue weighted by Gasteiger charge is -2.23. The fraction of sp³-hybridized carbons (Fsp3) is 0.375. The summed E-state index contributed by atoms with van der Waals surface area (Å²) in [6, 6.07) is 7.45. The van der Waals surface area contributed by atoms with Gasteiger partial charge in [-0.15, -0.1) is 0 Å². The predicted octanol–water partition coefficient (Wildman–Crippen LogP) is 3.82. The number of carbonyl (C=O) groups is 1. The molecule has 8 nitrogen and oxygen atoms in total. The molecule has 0 spiro atoms. The minimum atomic E-state index is -0.0771. The molecule has 0 bridgehead atoms. The van der Waals surface area contributed by atoms with E-state index < -0.39 is 0 Å². The Kier molecular flexibility index (Phi) is 6.85. The molecule has 2 N–H and O–H groups in total. The Morgan fingerprint density at radius 3 is 2.67 bits per heavy atom. The van der Waals surface area contributed by atoms with E-state index in [9.17, 15) is 9.90 Å². The van der Waals surface area contributed by atoms with Crippen LogP contribution in [0, 0.1) is 5.92 Å². The molecular weight excluding hydrogens is 444 g/mol. The maximum atomic E-state index is 12.8. The van der Waals surface area contributed by atoms with E-state index in [0.29, 0.717) is 46.5 Å². The van der Waals surface area contributed by atoms with Crippen LogP contribution in [0.25, 0.3) is 10.9 Å². The normalized spacial score (nSPS) is 13.1. The van der Waals surface area contributed by atoms with Gasteiger partial charge in [0.25, 0.3) is 0 Å². The third-order valence-electron chi connectivity index (χ3n) is 5.82. The number of nitrogens with one attached hydrogen (secondary N) is 1. The maximum absolute atomic E-state index is 12.8. The molecule has 9 heteroatoms. The lowest BCUT2D eigenvalue weighted by molar-refractivity contribution is -0.119. The van der Waals surface area contributed by atoms with Crippen LogP contribution in [0.4, 0.5) is 11.5 Å². The number of methoxy groups -OCH3 is 2. The molecule has 1 fully saturated rings. The standard InChI is InChI=1S/C24H27ClN4O4/c1-29(24(31)15-5-6-15)19-11-17-21(16(8-9-30)22(19)33-3)27-13-28-23(17)26-12-14-4-7-20(32-2)18(25)10-14/h4,7,10-11,13,15,30H,5-6,8-9,12H2,1-3H3,(H,26,27,28). The number of anilines is 2. The highest BCUT2D eigenvalue weighted by Crippen LogP contribution is 2.41. The first-order valence-corrected chi connectivity index (χ1v) is 11.2. The van der Waals surface area contributed by atoms with Crippen LogP contribution in [0.5, 0.6) is 11.5 Å². The Morgan fingerprint density at radius 1 is 1.24 bits per heavy atom. The van der Waals surface area contributed by atoms with E-state index in [1.54, 1.807) is 26.2 Å². The number of nitrogens with zero attached hydrogens (tertiary/aromatic N) is 3. The van der Waals surface area contributed by atoms with Crippen molar-refractivity contribution in [2.24, 2.45) is 5.92 Å². The quantitative estimate of drug-likeness (QED) is 0.490. The largest absolute Gasteiger partial charge is 0.495 e. The van der Waals surface area contributed by atoms with Crippen LogP contribution in [0.2, 0.25) is 5.02 Å². The van der Waals surface area contributed by atoms with Gasteiger partial charge in [0.2, 0.25) is 5.91 Å². The molecule has 33 heavy (non-hydrogen) atoms. The van der Waals surface area contributed by atoms with Crippen molar-refractivity contribution in [2.45, 2.75) is 25.8 Å². The average molecular weight is 471 g/mol. The molecule has 174 valence electrons. The summed E-state index contributed by atoms with van der Waals surface area (Å²) in [6.07, 6.45) is 3.63. The lowest BCUT2D eigenvalue weighted by atomic mass is 10.0. The number of fused-ring (bicyclic) bond motifs is 1. The number of amides is 1. The molecule has 1 aliphatic rings. The van der Waals surface area contributed by atoms with Crippen molar-refractivity contribution in [1.29, 1.82) is 0 Å². The molecule has 0 aliphatic heterocycles. The number of ether oxygens (including phenoxy) is 2. The second kappa shape index (κ2) is 9.80. The van der Waals surface area contributed by atoms with Gasteiger partial charge in [0.15, 0.2) is 0 Å². The van der Waals surface area contributed by atoms with Crippen molar-refractivity contribution >= 4 is 39.9 Å². The van der Waals surface area contributed by atoms with Crippen molar-refractivity contribution in [3.05, 3.63) is 46.7 Å². The van der Waals surface area contributed by atoms with Crippen LogP contribution in [0.3, 0.4) is 0 Å². The summed E-state index contributed by atoms with van der Waals surface area (Å²) in [7, 11) is 4.89. The van der Waals surface area contributed by atoms with Crippen molar-refractivity contribution in [1.82, 2.24) is 9.97 Å². The van der Waals surface area contributed by atoms with Crippen LogP contribution in [0.15, 0.2) is 30.6 Å². The van der Waals surface area contributed by atoms with E-state index >= 15 is 0 Å². The molecule has 2 aromatic carbocycles. The molecule has 1 heterocycles. The van der Waals surface area contributed by atoms with Gasteiger partial charge in [-0.1, -0.05) is 17.7 Å². The SMILES string of the molecule is COc1ccc(CNc2ncnc3c(CCO)c(OC)c(N(C)C(=O)C4CC4)cc23)cc1Cl. The zero-order valence-electron chi connectivity index (χ0n) is 18.9. The Morgan fingerprint density at radius 2 is 2.03 bits per heavy atom. The smallest absolute Gasteiger partial charge is 0.229 e. The van der Waals surface area contributed by atoms with Gasteiger partial charge in [-0.25, -0.2) is 9.97 Å². The van der Waals surface area contributed by atoms with Gasteiger partial charge >= 0.3 is 0 Å². The number of benzene rings is 2. The van der Waals surface area contributed by atoms with Gasteiger partial charge in [0, 0.05) is 43.5 Å². The number of halogens is 1. The number of hydrogen-bond donors (Lipinski definition) is 2. The molecule has 3 aromatic rings. The summed E-state index contributed by atoms with van der Waals surface area (Å²) in [5, 5.41) is 14.3. The minimum absolute atomic E-state index is 0.0566. The van der Waals surface area contributed by atoms with Crippen LogP contribution < -0.4 is 19.7 Å². The first-order chi connectivity index (χ1) is 16.0. The Labute approximate surface area is 197 Å². The van der Waals surface area contributed by atoms with Crippen LogP contribution >= 0.6 is 11.6 Å². The van der Waals surface area contributed by atoms with Gasteiger partial charge in [-0.05, 0) is 36.6 Å². The molecular formula is C24H27ClN4O4. The first kappa shape index (κ1) is 23.1. The van der Waals surface area contributed by atoms with Crippen LogP contribution in [0.1, 0.15) is 24.0 Å². The van der Waals surface area contributed by atoms with Crippen LogP contribution in [-0.2, 0) is 17.8 Å². The van der Waals surface area contributed by atoms with Crippen molar-refractivity contribution in [2.75, 3.05) is 38.1 Å². The Bertz CT molecular complexity index is 1180. The van der Waals surface area contributed by atoms with E-state index in [0.717, 1.165) is 29.4 Å². The zero-order valence-corrected chi connectivity index (χ0v) is 19.6. The highest BCUT2D eigenvalue weighted by molar-refractivity contribution is 6.32. The van der Waals surface area contributed by atoms with Crippen LogP contribution in [-0.4, -0.2) is 48.9 Å². The molecule has 0 unspecified atom stereocenters. The monoisotopic (exact) mass is 470 g/mol. The van der Waals surface area contributed by atoms with Gasteiger partial charge in [-0.2, -0.15) is 0 Å². The molecule has 0 radical (unpaired) electrons. The fourth-order valence-electron chi connectivity index (χ4n) is 3.93. The summed E-state index contributed by atoms with van der Waals surface area (Å²) < 4.78 is 10.9. The molecule has 0 atom stereocenters. The summed E-state index contributed by atoms with van der Waals surface area (Å²) in [6.45, 7) is 0.398. The second-order valence-corrected chi connectivity index (χ2v) is 8.40. The van der Waals surface area contributed by atoms with Crippen molar-refractivity contribution < 1.29 is 19.4 Å². The van der Waals surface area contributed by atoms with Gasteiger partial charge < -0.3 is 24.8 Å². The number of aliphatic hydroxyl groups excluding tert-OH is 1.